The number of aromatic hydroxyl groups is 1. The Kier molecular flexibility index (Phi) is 4.94. The molecule has 0 spiro atoms. The molecule has 0 aliphatic carbocycles. The number of hydrogen-bond acceptors (Lipinski definition) is 6. The quantitative estimate of drug-likeness (QED) is 0.168. The molecule has 0 radical (unpaired) electrons. The van der Waals surface area contributed by atoms with Gasteiger partial charge in [-0.3, -0.25) is 14.5 Å². The van der Waals surface area contributed by atoms with E-state index in [4.69, 9.17) is 4.98 Å². The summed E-state index contributed by atoms with van der Waals surface area (Å²) in [7, 11) is 0. The van der Waals surface area contributed by atoms with E-state index in [0.717, 1.165) is 32.2 Å². The van der Waals surface area contributed by atoms with Crippen molar-refractivity contribution in [3.8, 4) is 5.75 Å². The fraction of sp³-hybridized carbons (Fsp3) is 0.107. The van der Waals surface area contributed by atoms with E-state index in [0.29, 0.717) is 16.3 Å². The summed E-state index contributed by atoms with van der Waals surface area (Å²) in [6, 6.07) is 16.7. The second-order valence-corrected chi connectivity index (χ2v) is 9.92. The number of rotatable bonds is 3. The number of carbonyl (C=O) groups excluding carboxylic acids is 2. The molecule has 0 saturated carbocycles. The lowest BCUT2D eigenvalue weighted by Crippen LogP contribution is -2.29. The van der Waals surface area contributed by atoms with Gasteiger partial charge in [-0.1, -0.05) is 41.7 Å². The molecule has 3 heterocycles. The third kappa shape index (κ3) is 3.30. The fourth-order valence-corrected chi connectivity index (χ4v) is 5.76. The van der Waals surface area contributed by atoms with Crippen LogP contribution in [-0.2, 0) is 9.59 Å². The second kappa shape index (κ2) is 8.07. The van der Waals surface area contributed by atoms with E-state index >= 15 is 0 Å². The number of aromatic amines is 1. The number of phenols is 1. The van der Waals surface area contributed by atoms with Gasteiger partial charge in [-0.25, -0.2) is 4.98 Å². The number of aliphatic hydroxyl groups excluding tert-OH is 1. The topological polar surface area (TPSA) is 107 Å². The number of anilines is 1. The Morgan fingerprint density at radius 1 is 1.03 bits per heavy atom. The minimum Gasteiger partial charge on any atom is -0.508 e. The fourth-order valence-electron chi connectivity index (χ4n) is 4.69. The van der Waals surface area contributed by atoms with Gasteiger partial charge in [0.05, 0.1) is 21.8 Å². The Hall–Kier alpha value is -4.43. The van der Waals surface area contributed by atoms with Crippen LogP contribution in [0, 0.1) is 13.8 Å². The Bertz CT molecular complexity index is 1690. The number of thiazole rings is 1. The molecule has 1 amide bonds. The van der Waals surface area contributed by atoms with Crippen LogP contribution in [0.15, 0.2) is 72.4 Å². The highest BCUT2D eigenvalue weighted by molar-refractivity contribution is 7.22. The van der Waals surface area contributed by atoms with E-state index in [1.807, 2.05) is 50.2 Å². The first-order valence-electron chi connectivity index (χ1n) is 11.4. The van der Waals surface area contributed by atoms with Crippen LogP contribution in [0.3, 0.4) is 0 Å². The van der Waals surface area contributed by atoms with Gasteiger partial charge in [0.2, 0.25) is 0 Å². The van der Waals surface area contributed by atoms with Gasteiger partial charge in [0.15, 0.2) is 5.13 Å². The molecule has 1 atom stereocenters. The molecule has 8 heteroatoms. The van der Waals surface area contributed by atoms with Crippen molar-refractivity contribution in [1.29, 1.82) is 0 Å². The van der Waals surface area contributed by atoms with Gasteiger partial charge in [0.25, 0.3) is 5.78 Å². The number of amides is 1. The van der Waals surface area contributed by atoms with Crippen LogP contribution >= 0.6 is 11.3 Å². The third-order valence-electron chi connectivity index (χ3n) is 6.70. The maximum atomic E-state index is 13.5. The summed E-state index contributed by atoms with van der Waals surface area (Å²) >= 11 is 1.32. The maximum absolute atomic E-state index is 13.5. The summed E-state index contributed by atoms with van der Waals surface area (Å²) in [6.07, 6.45) is 1.63. The number of aliphatic hydroxyl groups is 1. The predicted molar refractivity (Wildman–Crippen MR) is 140 cm³/mol. The van der Waals surface area contributed by atoms with Crippen molar-refractivity contribution in [2.24, 2.45) is 0 Å². The molecule has 1 aliphatic rings. The number of nitrogens with zero attached hydrogens (tertiary/aromatic N) is 2. The molecule has 3 N–H and O–H groups in total. The average Bonchev–Trinajstić information content (AvgIpc) is 3.54. The van der Waals surface area contributed by atoms with Crippen LogP contribution in [0.1, 0.15) is 28.3 Å². The maximum Gasteiger partial charge on any atom is 0.301 e. The van der Waals surface area contributed by atoms with E-state index in [2.05, 4.69) is 4.98 Å². The summed E-state index contributed by atoms with van der Waals surface area (Å²) in [6.45, 7) is 4.01. The van der Waals surface area contributed by atoms with Crippen LogP contribution in [-0.4, -0.2) is 31.9 Å². The highest BCUT2D eigenvalue weighted by atomic mass is 32.1. The first kappa shape index (κ1) is 22.1. The summed E-state index contributed by atoms with van der Waals surface area (Å²) < 4.78 is 0.899. The van der Waals surface area contributed by atoms with E-state index < -0.39 is 17.7 Å². The number of benzene rings is 3. The van der Waals surface area contributed by atoms with E-state index in [1.54, 1.807) is 18.3 Å². The van der Waals surface area contributed by atoms with Crippen molar-refractivity contribution in [3.05, 3.63) is 94.7 Å². The van der Waals surface area contributed by atoms with Gasteiger partial charge in [-0.15, -0.1) is 0 Å². The summed E-state index contributed by atoms with van der Waals surface area (Å²) in [5, 5.41) is 22.4. The Morgan fingerprint density at radius 2 is 1.75 bits per heavy atom. The molecule has 6 rings (SSSR count). The summed E-state index contributed by atoms with van der Waals surface area (Å²) in [5.41, 5.74) is 4.70. The van der Waals surface area contributed by atoms with Crippen molar-refractivity contribution >= 4 is 55.0 Å². The number of nitrogens with one attached hydrogen (secondary N) is 1. The lowest BCUT2D eigenvalue weighted by atomic mass is 9.95. The zero-order chi connectivity index (χ0) is 25.1. The highest BCUT2D eigenvalue weighted by Gasteiger charge is 2.48. The summed E-state index contributed by atoms with van der Waals surface area (Å²) in [5.74, 6) is -1.76. The molecule has 3 aromatic carbocycles. The van der Waals surface area contributed by atoms with Crippen LogP contribution < -0.4 is 4.90 Å². The molecule has 5 aromatic rings. The van der Waals surface area contributed by atoms with Crippen LogP contribution in [0.5, 0.6) is 5.75 Å². The number of aromatic nitrogens is 2. The molecular weight excluding hydrogens is 474 g/mol. The summed E-state index contributed by atoms with van der Waals surface area (Å²) in [4.78, 5) is 36.0. The normalized spacial score (nSPS) is 17.5. The molecule has 7 nitrogen and oxygen atoms in total. The SMILES string of the molecule is Cc1cc2nc(N3C(=O)C(=O)/C(=C(/O)c4c[nH]c5ccccc45)C3c3ccc(O)cc3)sc2cc1C. The average molecular weight is 496 g/mol. The first-order chi connectivity index (χ1) is 17.3. The van der Waals surface area contributed by atoms with Gasteiger partial charge >= 0.3 is 5.91 Å². The molecule has 36 heavy (non-hydrogen) atoms. The zero-order valence-electron chi connectivity index (χ0n) is 19.4. The Morgan fingerprint density at radius 3 is 2.53 bits per heavy atom. The number of hydrogen-bond donors (Lipinski definition) is 3. The van der Waals surface area contributed by atoms with E-state index in [9.17, 15) is 19.8 Å². The van der Waals surface area contributed by atoms with E-state index in [1.165, 1.54) is 28.4 Å². The van der Waals surface area contributed by atoms with Crippen LogP contribution in [0.4, 0.5) is 5.13 Å². The van der Waals surface area contributed by atoms with Gasteiger partial charge in [-0.2, -0.15) is 0 Å². The molecule has 0 bridgehead atoms. The standard InChI is InChI=1S/C28H21N3O4S/c1-14-11-21-22(12-15(14)2)36-28(30-21)31-24(16-7-9-17(32)10-8-16)23(26(34)27(31)35)25(33)19-13-29-20-6-4-3-5-18(19)20/h3-13,24,29,32-33H,1-2H3/b25-23+. The zero-order valence-corrected chi connectivity index (χ0v) is 20.3. The number of ketones is 1. The number of carbonyl (C=O) groups is 2. The Balaban J connectivity index is 1.59. The van der Waals surface area contributed by atoms with Crippen LogP contribution in [0.2, 0.25) is 0 Å². The molecule has 1 saturated heterocycles. The van der Waals surface area contributed by atoms with Gasteiger partial charge in [-0.05, 0) is 60.9 Å². The van der Waals surface area contributed by atoms with Crippen molar-refractivity contribution in [3.63, 3.8) is 0 Å². The van der Waals surface area contributed by atoms with Crippen molar-refractivity contribution in [1.82, 2.24) is 9.97 Å². The molecule has 2 aromatic heterocycles. The Labute approximate surface area is 210 Å². The van der Waals surface area contributed by atoms with Crippen molar-refractivity contribution < 1.29 is 19.8 Å². The smallest absolute Gasteiger partial charge is 0.301 e. The number of fused-ring (bicyclic) bond motifs is 2. The first-order valence-corrected chi connectivity index (χ1v) is 12.2. The van der Waals surface area contributed by atoms with Gasteiger partial charge in [0, 0.05) is 22.7 Å². The lowest BCUT2D eigenvalue weighted by Gasteiger charge is -2.22. The molecule has 1 fully saturated rings. The number of phenolic OH excluding ortho intramolecular Hbond substituents is 1. The number of para-hydroxylation sites is 1. The predicted octanol–water partition coefficient (Wildman–Crippen LogP) is 5.73. The second-order valence-electron chi connectivity index (χ2n) is 8.91. The number of H-pyrrole nitrogens is 1. The lowest BCUT2D eigenvalue weighted by molar-refractivity contribution is -0.132. The molecule has 1 aliphatic heterocycles. The molecule has 1 unspecified atom stereocenters. The van der Waals surface area contributed by atoms with Gasteiger partial charge in [0.1, 0.15) is 11.5 Å². The van der Waals surface area contributed by atoms with E-state index in [-0.39, 0.29) is 17.1 Å². The van der Waals surface area contributed by atoms with Crippen molar-refractivity contribution in [2.45, 2.75) is 19.9 Å². The third-order valence-corrected chi connectivity index (χ3v) is 7.71. The number of Topliss-reactive ketones (excluding diaryl/α,β-unsaturated/α-hetero) is 1. The monoisotopic (exact) mass is 495 g/mol. The highest BCUT2D eigenvalue weighted by Crippen LogP contribution is 2.45. The molecule has 178 valence electrons. The largest absolute Gasteiger partial charge is 0.508 e. The minimum atomic E-state index is -0.915. The van der Waals surface area contributed by atoms with Gasteiger partial charge < -0.3 is 15.2 Å². The van der Waals surface area contributed by atoms with Crippen LogP contribution in [0.25, 0.3) is 26.9 Å². The number of aryl methyl sites for hydroxylation is 2. The minimum absolute atomic E-state index is 0.0259. The van der Waals surface area contributed by atoms with Crippen molar-refractivity contribution in [2.75, 3.05) is 4.90 Å². The molecular formula is C28H21N3O4S.